The van der Waals surface area contributed by atoms with Crippen molar-refractivity contribution >= 4 is 46.1 Å². The summed E-state index contributed by atoms with van der Waals surface area (Å²) in [6.07, 6.45) is 0. The summed E-state index contributed by atoms with van der Waals surface area (Å²) in [7, 11) is 1.39. The zero-order valence-electron chi connectivity index (χ0n) is 18.5. The smallest absolute Gasteiger partial charge is 0.339 e. The number of thioether (sulfide) groups is 1. The first kappa shape index (κ1) is 24.3. The lowest BCUT2D eigenvalue weighted by molar-refractivity contribution is -0.118. The van der Waals surface area contributed by atoms with Gasteiger partial charge in [-0.25, -0.2) is 9.78 Å². The molecule has 0 atom stereocenters. The topological polar surface area (TPSA) is 111 Å². The van der Waals surface area contributed by atoms with Crippen LogP contribution in [0.25, 0.3) is 16.6 Å². The molecule has 1 amide bonds. The van der Waals surface area contributed by atoms with Crippen molar-refractivity contribution in [2.45, 2.75) is 11.7 Å². The van der Waals surface area contributed by atoms with Gasteiger partial charge < -0.3 is 15.2 Å². The molecular weight excluding hydrogens is 490 g/mol. The normalized spacial score (nSPS) is 10.8. The average molecular weight is 510 g/mol. The highest BCUT2D eigenvalue weighted by Crippen LogP contribution is 2.23. The number of ether oxygens (including phenoxy) is 1. The quantitative estimate of drug-likeness (QED) is 0.271. The van der Waals surface area contributed by atoms with Crippen molar-refractivity contribution < 1.29 is 19.4 Å². The number of carbonyl (C=O) groups excluding carboxylic acids is 1. The van der Waals surface area contributed by atoms with Crippen LogP contribution >= 0.6 is 23.4 Å². The first-order valence-corrected chi connectivity index (χ1v) is 11.8. The van der Waals surface area contributed by atoms with Crippen LogP contribution in [0.2, 0.25) is 5.02 Å². The number of aromatic nitrogens is 2. The van der Waals surface area contributed by atoms with E-state index in [4.69, 9.17) is 16.3 Å². The number of nitrogens with one attached hydrogen (secondary N) is 1. The van der Waals surface area contributed by atoms with Gasteiger partial charge in [-0.2, -0.15) is 0 Å². The van der Waals surface area contributed by atoms with E-state index in [1.54, 1.807) is 60.7 Å². The van der Waals surface area contributed by atoms with Crippen molar-refractivity contribution in [1.82, 2.24) is 14.9 Å². The molecule has 2 N–H and O–H groups in total. The molecule has 0 saturated heterocycles. The van der Waals surface area contributed by atoms with Crippen molar-refractivity contribution in [3.8, 4) is 11.4 Å². The van der Waals surface area contributed by atoms with Crippen LogP contribution in [-0.2, 0) is 11.3 Å². The number of carboxylic acid groups (broad SMARTS) is 1. The van der Waals surface area contributed by atoms with Gasteiger partial charge in [-0.1, -0.05) is 41.6 Å². The Morgan fingerprint density at radius 2 is 1.86 bits per heavy atom. The minimum absolute atomic E-state index is 0.000310. The van der Waals surface area contributed by atoms with Gasteiger partial charge in [-0.05, 0) is 54.1 Å². The fourth-order valence-electron chi connectivity index (χ4n) is 3.44. The van der Waals surface area contributed by atoms with E-state index in [0.717, 1.165) is 11.8 Å². The van der Waals surface area contributed by atoms with Crippen molar-refractivity contribution in [2.24, 2.45) is 0 Å². The van der Waals surface area contributed by atoms with Crippen LogP contribution in [0.1, 0.15) is 15.9 Å². The molecular formula is C25H20ClN3O5S. The largest absolute Gasteiger partial charge is 0.496 e. The molecule has 0 fully saturated rings. The summed E-state index contributed by atoms with van der Waals surface area (Å²) in [5.41, 5.74) is 1.50. The van der Waals surface area contributed by atoms with E-state index in [2.05, 4.69) is 10.3 Å². The predicted octanol–water partition coefficient (Wildman–Crippen LogP) is 4.15. The maximum Gasteiger partial charge on any atom is 0.339 e. The van der Waals surface area contributed by atoms with Crippen molar-refractivity contribution in [2.75, 3.05) is 12.9 Å². The molecule has 4 rings (SSSR count). The van der Waals surface area contributed by atoms with Gasteiger partial charge in [0.2, 0.25) is 5.91 Å². The number of rotatable bonds is 8. The number of hydrogen-bond acceptors (Lipinski definition) is 6. The number of aromatic carboxylic acids is 1. The molecule has 1 heterocycles. The summed E-state index contributed by atoms with van der Waals surface area (Å²) >= 11 is 7.13. The van der Waals surface area contributed by atoms with Gasteiger partial charge in [0.1, 0.15) is 11.3 Å². The van der Waals surface area contributed by atoms with E-state index in [-0.39, 0.29) is 35.1 Å². The van der Waals surface area contributed by atoms with E-state index < -0.39 is 5.97 Å². The molecule has 0 spiro atoms. The third-order valence-electron chi connectivity index (χ3n) is 5.15. The zero-order chi connectivity index (χ0) is 24.9. The molecule has 0 aliphatic heterocycles. The van der Waals surface area contributed by atoms with Crippen molar-refractivity contribution in [3.05, 3.63) is 93.2 Å². The molecule has 178 valence electrons. The molecule has 0 saturated carbocycles. The Morgan fingerprint density at radius 1 is 1.11 bits per heavy atom. The molecule has 0 bridgehead atoms. The molecule has 35 heavy (non-hydrogen) atoms. The lowest BCUT2D eigenvalue weighted by atomic mass is 10.1. The van der Waals surface area contributed by atoms with Crippen LogP contribution in [0.4, 0.5) is 0 Å². The van der Waals surface area contributed by atoms with Crippen LogP contribution < -0.4 is 15.6 Å². The highest BCUT2D eigenvalue weighted by Gasteiger charge is 2.16. The Bertz CT molecular complexity index is 1470. The molecule has 10 heteroatoms. The van der Waals surface area contributed by atoms with Gasteiger partial charge in [0.25, 0.3) is 5.56 Å². The molecule has 0 aliphatic carbocycles. The van der Waals surface area contributed by atoms with Gasteiger partial charge in [-0.15, -0.1) is 0 Å². The summed E-state index contributed by atoms with van der Waals surface area (Å²) < 4.78 is 6.51. The van der Waals surface area contributed by atoms with Crippen LogP contribution in [0, 0.1) is 0 Å². The van der Waals surface area contributed by atoms with Gasteiger partial charge >= 0.3 is 5.97 Å². The SMILES string of the molecule is COc1ccc(CNC(=O)CSc2nc3ccccc3c(=O)n2-c2ccc(Cl)cc2)cc1C(=O)O. The summed E-state index contributed by atoms with van der Waals surface area (Å²) in [4.78, 5) is 41.8. The number of amides is 1. The number of methoxy groups -OCH3 is 1. The van der Waals surface area contributed by atoms with Gasteiger partial charge in [-0.3, -0.25) is 14.2 Å². The second kappa shape index (κ2) is 10.6. The molecule has 0 aliphatic rings. The summed E-state index contributed by atoms with van der Waals surface area (Å²) in [5.74, 6) is -1.17. The molecule has 4 aromatic rings. The Hall–Kier alpha value is -3.82. The number of hydrogen-bond donors (Lipinski definition) is 2. The number of fused-ring (bicyclic) bond motifs is 1. The van der Waals surface area contributed by atoms with Gasteiger partial charge in [0.05, 0.1) is 29.5 Å². The summed E-state index contributed by atoms with van der Waals surface area (Å²) in [6.45, 7) is 0.138. The highest BCUT2D eigenvalue weighted by atomic mass is 35.5. The number of halogens is 1. The molecule has 8 nitrogen and oxygen atoms in total. The van der Waals surface area contributed by atoms with E-state index in [1.165, 1.54) is 17.7 Å². The summed E-state index contributed by atoms with van der Waals surface area (Å²) in [5, 5.41) is 13.5. The Labute approximate surface area is 209 Å². The highest BCUT2D eigenvalue weighted by molar-refractivity contribution is 7.99. The summed E-state index contributed by atoms with van der Waals surface area (Å²) in [6, 6.07) is 18.5. The van der Waals surface area contributed by atoms with Crippen LogP contribution in [0.3, 0.4) is 0 Å². The van der Waals surface area contributed by atoms with Crippen LogP contribution in [-0.4, -0.2) is 39.4 Å². The number of carboxylic acids is 1. The number of benzene rings is 3. The van der Waals surface area contributed by atoms with E-state index in [0.29, 0.717) is 32.3 Å². The Balaban J connectivity index is 1.54. The maximum atomic E-state index is 13.2. The number of carbonyl (C=O) groups is 2. The average Bonchev–Trinajstić information content (AvgIpc) is 2.87. The molecule has 3 aromatic carbocycles. The Kier molecular flexibility index (Phi) is 7.38. The minimum Gasteiger partial charge on any atom is -0.496 e. The number of nitrogens with zero attached hydrogens (tertiary/aromatic N) is 2. The lowest BCUT2D eigenvalue weighted by Crippen LogP contribution is -2.26. The second-order valence-electron chi connectivity index (χ2n) is 7.43. The first-order chi connectivity index (χ1) is 16.9. The Morgan fingerprint density at radius 3 is 2.57 bits per heavy atom. The van der Waals surface area contributed by atoms with Crippen LogP contribution in [0.5, 0.6) is 5.75 Å². The van der Waals surface area contributed by atoms with Crippen molar-refractivity contribution in [3.63, 3.8) is 0 Å². The lowest BCUT2D eigenvalue weighted by Gasteiger charge is -2.13. The minimum atomic E-state index is -1.12. The van der Waals surface area contributed by atoms with Gasteiger partial charge in [0.15, 0.2) is 5.16 Å². The second-order valence-corrected chi connectivity index (χ2v) is 8.81. The predicted molar refractivity (Wildman–Crippen MR) is 135 cm³/mol. The third-order valence-corrected chi connectivity index (χ3v) is 6.34. The van der Waals surface area contributed by atoms with E-state index >= 15 is 0 Å². The standard InChI is InChI=1S/C25H20ClN3O5S/c1-34-21-11-6-15(12-19(21)24(32)33)13-27-22(30)14-35-25-28-20-5-3-2-4-18(20)23(31)29(25)17-9-7-16(26)8-10-17/h2-12H,13-14H2,1H3,(H,27,30)(H,32,33). The zero-order valence-corrected chi connectivity index (χ0v) is 20.1. The van der Waals surface area contributed by atoms with Gasteiger partial charge in [0, 0.05) is 11.6 Å². The third kappa shape index (κ3) is 5.47. The number of para-hydroxylation sites is 1. The fourth-order valence-corrected chi connectivity index (χ4v) is 4.41. The maximum absolute atomic E-state index is 13.2. The van der Waals surface area contributed by atoms with E-state index in [1.807, 2.05) is 0 Å². The first-order valence-electron chi connectivity index (χ1n) is 10.4. The fraction of sp³-hybridized carbons (Fsp3) is 0.120. The monoisotopic (exact) mass is 509 g/mol. The van der Waals surface area contributed by atoms with Crippen molar-refractivity contribution in [1.29, 1.82) is 0 Å². The van der Waals surface area contributed by atoms with Crippen LogP contribution in [0.15, 0.2) is 76.7 Å². The molecule has 0 unspecified atom stereocenters. The molecule has 1 aromatic heterocycles. The van der Waals surface area contributed by atoms with E-state index in [9.17, 15) is 19.5 Å². The molecule has 0 radical (unpaired) electrons.